The predicted octanol–water partition coefficient (Wildman–Crippen LogP) is 3.96. The number of hydrogen-bond donors (Lipinski definition) is 0. The highest BCUT2D eigenvalue weighted by Crippen LogP contribution is 2.35. The molecule has 0 unspecified atom stereocenters. The molecule has 0 aliphatic carbocycles. The minimum absolute atomic E-state index is 0.0492. The monoisotopic (exact) mass is 374 g/mol. The van der Waals surface area contributed by atoms with E-state index in [4.69, 9.17) is 9.47 Å². The third kappa shape index (κ3) is 3.43. The third-order valence-electron chi connectivity index (χ3n) is 4.64. The fourth-order valence-electron chi connectivity index (χ4n) is 3.12. The Morgan fingerprint density at radius 3 is 2.31 bits per heavy atom. The maximum Gasteiger partial charge on any atom is 0.266 e. The molecule has 1 aliphatic rings. The van der Waals surface area contributed by atoms with E-state index in [1.54, 1.807) is 14.2 Å². The number of thiazole rings is 1. The number of benzene rings is 1. The van der Waals surface area contributed by atoms with Gasteiger partial charge in [-0.3, -0.25) is 4.79 Å². The van der Waals surface area contributed by atoms with Crippen molar-refractivity contribution < 1.29 is 14.3 Å². The summed E-state index contributed by atoms with van der Waals surface area (Å²) in [4.78, 5) is 20.4. The summed E-state index contributed by atoms with van der Waals surface area (Å²) in [7, 11) is 3.27. The highest BCUT2D eigenvalue weighted by atomic mass is 32.1. The van der Waals surface area contributed by atoms with E-state index in [1.807, 2.05) is 24.0 Å². The minimum Gasteiger partial charge on any atom is -0.493 e. The summed E-state index contributed by atoms with van der Waals surface area (Å²) in [6.45, 7) is 9.56. The largest absolute Gasteiger partial charge is 0.493 e. The molecule has 0 saturated heterocycles. The van der Waals surface area contributed by atoms with E-state index in [2.05, 4.69) is 25.8 Å². The van der Waals surface area contributed by atoms with Gasteiger partial charge in [-0.15, -0.1) is 11.3 Å². The van der Waals surface area contributed by atoms with Crippen molar-refractivity contribution in [3.8, 4) is 11.5 Å². The molecule has 1 amide bonds. The Hall–Kier alpha value is -2.08. The number of amides is 1. The van der Waals surface area contributed by atoms with E-state index in [0.717, 1.165) is 33.3 Å². The first-order chi connectivity index (χ1) is 12.2. The van der Waals surface area contributed by atoms with Crippen molar-refractivity contribution in [3.63, 3.8) is 0 Å². The average Bonchev–Trinajstić information content (AvgIpc) is 3.01. The van der Waals surface area contributed by atoms with Crippen molar-refractivity contribution in [1.29, 1.82) is 0 Å². The summed E-state index contributed by atoms with van der Waals surface area (Å²) < 4.78 is 10.8. The molecule has 0 spiro atoms. The maximum absolute atomic E-state index is 13.1. The molecule has 26 heavy (non-hydrogen) atoms. The molecule has 1 aromatic heterocycles. The van der Waals surface area contributed by atoms with Crippen LogP contribution in [0.4, 0.5) is 0 Å². The van der Waals surface area contributed by atoms with Gasteiger partial charge in [0.05, 0.1) is 24.9 Å². The molecule has 2 aromatic rings. The van der Waals surface area contributed by atoms with Crippen molar-refractivity contribution in [2.45, 2.75) is 46.1 Å². The van der Waals surface area contributed by atoms with Crippen molar-refractivity contribution in [2.75, 3.05) is 20.8 Å². The van der Waals surface area contributed by atoms with Gasteiger partial charge in [0.2, 0.25) is 0 Å². The lowest BCUT2D eigenvalue weighted by Gasteiger charge is -2.29. The molecule has 1 aliphatic heterocycles. The van der Waals surface area contributed by atoms with Crippen LogP contribution in [0.1, 0.15) is 52.3 Å². The first-order valence-corrected chi connectivity index (χ1v) is 9.57. The number of methoxy groups -OCH3 is 2. The Kier molecular flexibility index (Phi) is 4.97. The molecular weight excluding hydrogens is 348 g/mol. The summed E-state index contributed by atoms with van der Waals surface area (Å²) in [5, 5.41) is 1.00. The molecule has 0 fully saturated rings. The van der Waals surface area contributed by atoms with Crippen molar-refractivity contribution in [1.82, 2.24) is 9.88 Å². The van der Waals surface area contributed by atoms with Crippen LogP contribution in [-0.2, 0) is 18.4 Å². The smallest absolute Gasteiger partial charge is 0.266 e. The number of carbonyl (C=O) groups is 1. The van der Waals surface area contributed by atoms with Gasteiger partial charge in [-0.1, -0.05) is 20.8 Å². The number of ether oxygens (including phenoxy) is 2. The Morgan fingerprint density at radius 2 is 1.77 bits per heavy atom. The van der Waals surface area contributed by atoms with Gasteiger partial charge in [0.25, 0.3) is 5.91 Å². The number of nitrogens with zero attached hydrogens (tertiary/aromatic N) is 2. The van der Waals surface area contributed by atoms with E-state index in [1.165, 1.54) is 16.9 Å². The van der Waals surface area contributed by atoms with Gasteiger partial charge in [-0.2, -0.15) is 0 Å². The van der Waals surface area contributed by atoms with Gasteiger partial charge in [0.1, 0.15) is 4.88 Å². The number of carbonyl (C=O) groups excluding carboxylic acids is 1. The Balaban J connectivity index is 1.87. The van der Waals surface area contributed by atoms with E-state index in [9.17, 15) is 4.79 Å². The summed E-state index contributed by atoms with van der Waals surface area (Å²) in [6.07, 6.45) is 0.811. The molecule has 0 N–H and O–H groups in total. The molecule has 3 rings (SSSR count). The summed E-state index contributed by atoms with van der Waals surface area (Å²) in [6, 6.07) is 4.00. The summed E-state index contributed by atoms with van der Waals surface area (Å²) in [5.74, 6) is 1.50. The van der Waals surface area contributed by atoms with Crippen LogP contribution in [0.2, 0.25) is 0 Å². The lowest BCUT2D eigenvalue weighted by atomic mass is 9.98. The maximum atomic E-state index is 13.1. The SMILES string of the molecule is COc1cc2c(cc1OC)CN(C(=O)c1sc(C(C)(C)C)nc1C)CC2. The van der Waals surface area contributed by atoms with Gasteiger partial charge >= 0.3 is 0 Å². The molecule has 0 radical (unpaired) electrons. The van der Waals surface area contributed by atoms with Crippen LogP contribution in [0.3, 0.4) is 0 Å². The molecule has 5 nitrogen and oxygen atoms in total. The number of rotatable bonds is 3. The molecule has 1 aromatic carbocycles. The van der Waals surface area contributed by atoms with Crippen molar-refractivity contribution in [2.24, 2.45) is 0 Å². The second kappa shape index (κ2) is 6.91. The van der Waals surface area contributed by atoms with Gasteiger partial charge < -0.3 is 14.4 Å². The van der Waals surface area contributed by atoms with Gasteiger partial charge in [0, 0.05) is 18.5 Å². The number of aromatic nitrogens is 1. The van der Waals surface area contributed by atoms with Gasteiger partial charge in [0.15, 0.2) is 11.5 Å². The zero-order valence-corrected chi connectivity index (χ0v) is 17.1. The molecule has 0 saturated carbocycles. The number of fused-ring (bicyclic) bond motifs is 1. The molecule has 2 heterocycles. The molecule has 140 valence electrons. The average molecular weight is 375 g/mol. The van der Waals surface area contributed by atoms with Crippen molar-refractivity contribution in [3.05, 3.63) is 38.8 Å². The second-order valence-electron chi connectivity index (χ2n) is 7.64. The van der Waals surface area contributed by atoms with Crippen LogP contribution >= 0.6 is 11.3 Å². The lowest BCUT2D eigenvalue weighted by molar-refractivity contribution is 0.0738. The molecule has 0 atom stereocenters. The normalized spacial score (nSPS) is 14.2. The zero-order valence-electron chi connectivity index (χ0n) is 16.3. The number of hydrogen-bond acceptors (Lipinski definition) is 5. The molecule has 0 bridgehead atoms. The first kappa shape index (κ1) is 18.7. The Labute approximate surface area is 159 Å². The molecule has 6 heteroatoms. The summed E-state index contributed by atoms with van der Waals surface area (Å²) >= 11 is 1.52. The Bertz CT molecular complexity index is 836. The number of aryl methyl sites for hydroxylation is 1. The highest BCUT2D eigenvalue weighted by molar-refractivity contribution is 7.14. The highest BCUT2D eigenvalue weighted by Gasteiger charge is 2.28. The first-order valence-electron chi connectivity index (χ1n) is 8.75. The zero-order chi connectivity index (χ0) is 19.1. The second-order valence-corrected chi connectivity index (χ2v) is 8.64. The van der Waals surface area contributed by atoms with Gasteiger partial charge in [-0.05, 0) is 36.6 Å². The van der Waals surface area contributed by atoms with Crippen LogP contribution in [-0.4, -0.2) is 36.6 Å². The van der Waals surface area contributed by atoms with Gasteiger partial charge in [-0.25, -0.2) is 4.98 Å². The third-order valence-corrected chi connectivity index (χ3v) is 6.21. The lowest BCUT2D eigenvalue weighted by Crippen LogP contribution is -2.35. The topological polar surface area (TPSA) is 51.7 Å². The van der Waals surface area contributed by atoms with Crippen LogP contribution in [0.5, 0.6) is 11.5 Å². The van der Waals surface area contributed by atoms with Crippen LogP contribution in [0.15, 0.2) is 12.1 Å². The fourth-order valence-corrected chi connectivity index (χ4v) is 4.21. The van der Waals surface area contributed by atoms with E-state index in [-0.39, 0.29) is 11.3 Å². The predicted molar refractivity (Wildman–Crippen MR) is 104 cm³/mol. The van der Waals surface area contributed by atoms with E-state index >= 15 is 0 Å². The Morgan fingerprint density at radius 1 is 1.15 bits per heavy atom. The van der Waals surface area contributed by atoms with Crippen LogP contribution in [0.25, 0.3) is 0 Å². The van der Waals surface area contributed by atoms with Crippen LogP contribution < -0.4 is 9.47 Å². The standard InChI is InChI=1S/C20H26N2O3S/c1-12-17(26-19(21-12)20(2,3)4)18(23)22-8-7-13-9-15(24-5)16(25-6)10-14(13)11-22/h9-10H,7-8,11H2,1-6H3. The minimum atomic E-state index is -0.0492. The van der Waals surface area contributed by atoms with E-state index < -0.39 is 0 Å². The van der Waals surface area contributed by atoms with Crippen LogP contribution in [0, 0.1) is 6.92 Å². The quantitative estimate of drug-likeness (QED) is 0.816. The summed E-state index contributed by atoms with van der Waals surface area (Å²) in [5.41, 5.74) is 3.10. The fraction of sp³-hybridized carbons (Fsp3) is 0.500. The molecular formula is C20H26N2O3S. The van der Waals surface area contributed by atoms with E-state index in [0.29, 0.717) is 18.8 Å². The van der Waals surface area contributed by atoms with Crippen molar-refractivity contribution >= 4 is 17.2 Å².